The van der Waals surface area contributed by atoms with Crippen LogP contribution >= 0.6 is 23.3 Å². The Kier molecular flexibility index (Phi) is 6.73. The fourth-order valence-electron chi connectivity index (χ4n) is 2.88. The monoisotopic (exact) mass is 437 g/mol. The number of aromatic nitrogens is 3. The predicted octanol–water partition coefficient (Wildman–Crippen LogP) is 3.45. The van der Waals surface area contributed by atoms with Gasteiger partial charge in [0.25, 0.3) is 0 Å². The molecule has 0 radical (unpaired) electrons. The average molecular weight is 437 g/mol. The molecular formula is C16H19F4N5OS2. The molecule has 1 saturated heterocycles. The van der Waals surface area contributed by atoms with Gasteiger partial charge in [0, 0.05) is 32.2 Å². The summed E-state index contributed by atoms with van der Waals surface area (Å²) in [5, 5.41) is 12.1. The molecule has 3 rings (SSSR count). The molecule has 1 aliphatic rings. The number of anilines is 1. The highest BCUT2D eigenvalue weighted by Crippen LogP contribution is 2.40. The van der Waals surface area contributed by atoms with E-state index in [0.717, 1.165) is 32.1 Å². The Hall–Kier alpha value is -1.50. The first-order valence-corrected chi connectivity index (χ1v) is 10.6. The van der Waals surface area contributed by atoms with Gasteiger partial charge in [-0.05, 0) is 19.1 Å². The zero-order valence-corrected chi connectivity index (χ0v) is 16.6. The minimum atomic E-state index is -4.75. The highest BCUT2D eigenvalue weighted by atomic mass is 32.2. The van der Waals surface area contributed by atoms with Crippen LogP contribution in [0.1, 0.15) is 23.5 Å². The summed E-state index contributed by atoms with van der Waals surface area (Å²) < 4.78 is 56.6. The lowest BCUT2D eigenvalue weighted by molar-refractivity contribution is -0.140. The van der Waals surface area contributed by atoms with E-state index in [4.69, 9.17) is 5.11 Å². The van der Waals surface area contributed by atoms with Crippen molar-refractivity contribution in [3.8, 4) is 10.6 Å². The summed E-state index contributed by atoms with van der Waals surface area (Å²) in [6.07, 6.45) is -0.276. The lowest BCUT2D eigenvalue weighted by Crippen LogP contribution is -2.35. The topological polar surface area (TPSA) is 74.2 Å². The van der Waals surface area contributed by atoms with Crippen molar-refractivity contribution in [3.05, 3.63) is 22.7 Å². The van der Waals surface area contributed by atoms with Gasteiger partial charge in [-0.1, -0.05) is 11.9 Å². The van der Waals surface area contributed by atoms with Crippen LogP contribution in [0.25, 0.3) is 10.6 Å². The lowest BCUT2D eigenvalue weighted by atomic mass is 10.1. The number of halogens is 4. The SMILES string of the molecule is CSN1CCC(Nc2ncc(F)c(-c3sc(CCO)nc3C(F)(F)F)n2)CC1. The normalized spacial score (nSPS) is 16.5. The lowest BCUT2D eigenvalue weighted by Gasteiger charge is -2.30. The second-order valence-corrected chi connectivity index (χ2v) is 8.14. The second kappa shape index (κ2) is 8.89. The zero-order valence-electron chi connectivity index (χ0n) is 15.0. The summed E-state index contributed by atoms with van der Waals surface area (Å²) in [7, 11) is 0. The van der Waals surface area contributed by atoms with Crippen LogP contribution in [0, 0.1) is 5.82 Å². The summed E-state index contributed by atoms with van der Waals surface area (Å²) in [6.45, 7) is 1.38. The van der Waals surface area contributed by atoms with Gasteiger partial charge in [0.2, 0.25) is 5.95 Å². The molecular weight excluding hydrogens is 418 g/mol. The van der Waals surface area contributed by atoms with Crippen molar-refractivity contribution in [2.75, 3.05) is 31.3 Å². The minimum absolute atomic E-state index is 0.0421. The Morgan fingerprint density at radius 1 is 1.32 bits per heavy atom. The van der Waals surface area contributed by atoms with Gasteiger partial charge < -0.3 is 10.4 Å². The average Bonchev–Trinajstić information content (AvgIpc) is 3.08. The summed E-state index contributed by atoms with van der Waals surface area (Å²) in [5.41, 5.74) is -1.63. The first-order chi connectivity index (χ1) is 13.3. The van der Waals surface area contributed by atoms with E-state index in [1.807, 2.05) is 6.26 Å². The van der Waals surface area contributed by atoms with Gasteiger partial charge >= 0.3 is 6.18 Å². The Balaban J connectivity index is 1.88. The fraction of sp³-hybridized carbons (Fsp3) is 0.562. The number of rotatable bonds is 6. The van der Waals surface area contributed by atoms with Gasteiger partial charge in [-0.25, -0.2) is 19.3 Å². The Bertz CT molecular complexity index is 809. The minimum Gasteiger partial charge on any atom is -0.396 e. The molecule has 0 aliphatic carbocycles. The van der Waals surface area contributed by atoms with Gasteiger partial charge in [-0.15, -0.1) is 11.3 Å². The molecule has 0 atom stereocenters. The molecule has 6 nitrogen and oxygen atoms in total. The molecule has 0 spiro atoms. The van der Waals surface area contributed by atoms with E-state index in [1.54, 1.807) is 11.9 Å². The number of thiazole rings is 1. The molecule has 2 N–H and O–H groups in total. The second-order valence-electron chi connectivity index (χ2n) is 6.18. The van der Waals surface area contributed by atoms with Crippen LogP contribution in [-0.4, -0.2) is 56.4 Å². The molecule has 0 bridgehead atoms. The quantitative estimate of drug-likeness (QED) is 0.530. The maximum Gasteiger partial charge on any atom is 0.434 e. The third-order valence-corrected chi connectivity index (χ3v) is 6.27. The van der Waals surface area contributed by atoms with Crippen molar-refractivity contribution >= 4 is 29.2 Å². The summed E-state index contributed by atoms with van der Waals surface area (Å²) in [4.78, 5) is 11.0. The van der Waals surface area contributed by atoms with Crippen molar-refractivity contribution < 1.29 is 22.7 Å². The number of nitrogens with zero attached hydrogens (tertiary/aromatic N) is 4. The van der Waals surface area contributed by atoms with E-state index in [2.05, 4.69) is 24.6 Å². The fourth-order valence-corrected chi connectivity index (χ4v) is 4.52. The molecule has 1 aliphatic heterocycles. The van der Waals surface area contributed by atoms with Crippen molar-refractivity contribution in [3.63, 3.8) is 0 Å². The number of piperidine rings is 1. The summed E-state index contributed by atoms with van der Waals surface area (Å²) in [5.74, 6) is -0.864. The first-order valence-electron chi connectivity index (χ1n) is 8.58. The van der Waals surface area contributed by atoms with E-state index in [0.29, 0.717) is 11.3 Å². The van der Waals surface area contributed by atoms with E-state index >= 15 is 0 Å². The van der Waals surface area contributed by atoms with E-state index in [9.17, 15) is 17.6 Å². The van der Waals surface area contributed by atoms with Gasteiger partial charge in [-0.2, -0.15) is 13.2 Å². The first kappa shape index (κ1) is 21.2. The Morgan fingerprint density at radius 2 is 2.04 bits per heavy atom. The zero-order chi connectivity index (χ0) is 20.3. The molecule has 0 unspecified atom stereocenters. The van der Waals surface area contributed by atoms with E-state index in [-0.39, 0.29) is 30.0 Å². The van der Waals surface area contributed by atoms with Crippen LogP contribution in [0.4, 0.5) is 23.5 Å². The molecule has 154 valence electrons. The van der Waals surface area contributed by atoms with E-state index in [1.165, 1.54) is 0 Å². The van der Waals surface area contributed by atoms with Crippen molar-refractivity contribution in [1.29, 1.82) is 0 Å². The molecule has 2 aromatic heterocycles. The number of hydrogen-bond acceptors (Lipinski definition) is 8. The van der Waals surface area contributed by atoms with Crippen LogP contribution in [0.5, 0.6) is 0 Å². The Morgan fingerprint density at radius 3 is 2.64 bits per heavy atom. The van der Waals surface area contributed by atoms with Crippen LogP contribution in [-0.2, 0) is 12.6 Å². The van der Waals surface area contributed by atoms with Crippen LogP contribution in [0.2, 0.25) is 0 Å². The third kappa shape index (κ3) is 4.91. The number of nitrogens with one attached hydrogen (secondary N) is 1. The predicted molar refractivity (Wildman–Crippen MR) is 101 cm³/mol. The van der Waals surface area contributed by atoms with Crippen molar-refractivity contribution in [1.82, 2.24) is 19.3 Å². The standard InChI is InChI=1S/C16H19F4N5OS2/c1-27-25-5-2-9(3-6-25)22-15-21-8-10(17)12(24-15)13-14(16(18,19)20)23-11(28-13)4-7-26/h8-9,26H,2-7H2,1H3,(H,21,22,24). The van der Waals surface area contributed by atoms with E-state index < -0.39 is 28.3 Å². The molecule has 2 aromatic rings. The van der Waals surface area contributed by atoms with Gasteiger partial charge in [0.15, 0.2) is 11.5 Å². The highest BCUT2D eigenvalue weighted by Gasteiger charge is 2.39. The largest absolute Gasteiger partial charge is 0.434 e. The van der Waals surface area contributed by atoms with Crippen LogP contribution < -0.4 is 5.32 Å². The Labute approximate surface area is 167 Å². The van der Waals surface area contributed by atoms with Gasteiger partial charge in [-0.3, -0.25) is 4.31 Å². The molecule has 0 amide bonds. The number of alkyl halides is 3. The maximum absolute atomic E-state index is 14.3. The smallest absolute Gasteiger partial charge is 0.396 e. The molecule has 0 saturated carbocycles. The van der Waals surface area contributed by atoms with Crippen molar-refractivity contribution in [2.24, 2.45) is 0 Å². The maximum atomic E-state index is 14.3. The molecule has 0 aromatic carbocycles. The van der Waals surface area contributed by atoms with Crippen molar-refractivity contribution in [2.45, 2.75) is 31.5 Å². The number of aliphatic hydroxyl groups is 1. The summed E-state index contributed by atoms with van der Waals surface area (Å²) >= 11 is 2.34. The van der Waals surface area contributed by atoms with Crippen LogP contribution in [0.15, 0.2) is 6.20 Å². The van der Waals surface area contributed by atoms with Gasteiger partial charge in [0.05, 0.1) is 16.1 Å². The highest BCUT2D eigenvalue weighted by molar-refractivity contribution is 7.96. The number of aliphatic hydroxyl groups excluding tert-OH is 1. The third-order valence-electron chi connectivity index (χ3n) is 4.27. The summed E-state index contributed by atoms with van der Waals surface area (Å²) in [6, 6.07) is 0.0650. The molecule has 28 heavy (non-hydrogen) atoms. The van der Waals surface area contributed by atoms with Gasteiger partial charge in [0.1, 0.15) is 5.69 Å². The van der Waals surface area contributed by atoms with Crippen LogP contribution in [0.3, 0.4) is 0 Å². The number of hydrogen-bond donors (Lipinski definition) is 2. The molecule has 3 heterocycles. The molecule has 12 heteroatoms. The molecule has 1 fully saturated rings.